The fourth-order valence-corrected chi connectivity index (χ4v) is 0.712. The molecule has 0 heterocycles. The second kappa shape index (κ2) is 2.27. The van der Waals surface area contributed by atoms with E-state index < -0.39 is 0 Å². The van der Waals surface area contributed by atoms with E-state index in [2.05, 4.69) is 21.1 Å². The third-order valence-electron chi connectivity index (χ3n) is 0.712. The summed E-state index contributed by atoms with van der Waals surface area (Å²) in [5, 5.41) is 7.13. The van der Waals surface area contributed by atoms with Gasteiger partial charge in [-0.2, -0.15) is 0 Å². The summed E-state index contributed by atoms with van der Waals surface area (Å²) in [4.78, 5) is 0. The van der Waals surface area contributed by atoms with Crippen LogP contribution in [0.4, 0.5) is 0 Å². The van der Waals surface area contributed by atoms with Crippen molar-refractivity contribution in [2.24, 2.45) is 0 Å². The van der Waals surface area contributed by atoms with Gasteiger partial charge in [0.2, 0.25) is 0 Å². The molecule has 0 rings (SSSR count). The largest absolute Gasteiger partial charge is 0.326 e. The van der Waals surface area contributed by atoms with Crippen LogP contribution >= 0.6 is 0 Å². The molecule has 0 fully saturated rings. The maximum Gasteiger partial charge on any atom is 0.116 e. The molecule has 2 heteroatoms. The smallest absolute Gasteiger partial charge is 0.116 e. The molecule has 0 aliphatic heterocycles. The number of hydrogen-bond acceptors (Lipinski definition) is 1. The molecule has 0 bridgehead atoms. The van der Waals surface area contributed by atoms with Crippen LogP contribution in [0.25, 0.3) is 0 Å². The summed E-state index contributed by atoms with van der Waals surface area (Å²) in [7, 11) is 6.24. The van der Waals surface area contributed by atoms with Crippen molar-refractivity contribution in [3.05, 3.63) is 0 Å². The van der Waals surface area contributed by atoms with Crippen LogP contribution in [0.15, 0.2) is 0 Å². The second-order valence-electron chi connectivity index (χ2n) is 3.23. The standard InChI is InChI=1S/C6H15N2/c1-6(7)5-8(2,3)4/h7H,5H2,1-4H3/q+1. The second-order valence-corrected chi connectivity index (χ2v) is 3.23. The van der Waals surface area contributed by atoms with Crippen LogP contribution in [0.1, 0.15) is 6.92 Å². The number of hydrogen-bond donors (Lipinski definition) is 1. The van der Waals surface area contributed by atoms with Gasteiger partial charge in [0.05, 0.1) is 26.9 Å². The third-order valence-corrected chi connectivity index (χ3v) is 0.712. The van der Waals surface area contributed by atoms with Crippen molar-refractivity contribution in [1.82, 2.24) is 0 Å². The molecule has 0 spiro atoms. The Hall–Kier alpha value is -0.370. The van der Waals surface area contributed by atoms with Gasteiger partial charge >= 0.3 is 0 Å². The van der Waals surface area contributed by atoms with Gasteiger partial charge in [0.15, 0.2) is 0 Å². The van der Waals surface area contributed by atoms with Gasteiger partial charge in [-0.15, -0.1) is 0 Å². The summed E-state index contributed by atoms with van der Waals surface area (Å²) in [5.41, 5.74) is 0.748. The number of rotatable bonds is 2. The average Bonchev–Trinajstić information content (AvgIpc) is 1.21. The maximum atomic E-state index is 7.13. The van der Waals surface area contributed by atoms with Crippen LogP contribution in [0.3, 0.4) is 0 Å². The lowest BCUT2D eigenvalue weighted by atomic mass is 10.4. The quantitative estimate of drug-likeness (QED) is 0.405. The summed E-state index contributed by atoms with van der Waals surface area (Å²) in [5.74, 6) is 0. The van der Waals surface area contributed by atoms with E-state index in [0.29, 0.717) is 0 Å². The number of nitrogens with zero attached hydrogens (tertiary/aromatic N) is 1. The van der Waals surface area contributed by atoms with Gasteiger partial charge in [0.25, 0.3) is 0 Å². The molecule has 0 aromatic heterocycles. The summed E-state index contributed by atoms with van der Waals surface area (Å²) in [6.07, 6.45) is 0. The van der Waals surface area contributed by atoms with Gasteiger partial charge in [-0.05, 0) is 6.92 Å². The molecule has 0 unspecified atom stereocenters. The van der Waals surface area contributed by atoms with E-state index in [1.54, 1.807) is 0 Å². The number of nitrogens with one attached hydrogen (secondary N) is 1. The van der Waals surface area contributed by atoms with E-state index in [0.717, 1.165) is 16.7 Å². The highest BCUT2D eigenvalue weighted by atomic mass is 15.3. The predicted molar refractivity (Wildman–Crippen MR) is 36.3 cm³/mol. The summed E-state index contributed by atoms with van der Waals surface area (Å²) < 4.78 is 0.856. The fraction of sp³-hybridized carbons (Fsp3) is 0.833. The molecule has 0 atom stereocenters. The van der Waals surface area contributed by atoms with Crippen LogP contribution in [-0.4, -0.2) is 37.9 Å². The minimum absolute atomic E-state index is 0.748. The lowest BCUT2D eigenvalue weighted by Gasteiger charge is -2.22. The Balaban J connectivity index is 3.55. The normalized spacial score (nSPS) is 11.5. The molecule has 0 aromatic carbocycles. The first-order valence-corrected chi connectivity index (χ1v) is 2.76. The molecular formula is C6H15N2+. The molecule has 0 amide bonds. The highest BCUT2D eigenvalue weighted by molar-refractivity contribution is 5.79. The summed E-state index contributed by atoms with van der Waals surface area (Å²) in [6.45, 7) is 2.68. The zero-order valence-corrected chi connectivity index (χ0v) is 6.15. The minimum Gasteiger partial charge on any atom is -0.326 e. The predicted octanol–water partition coefficient (Wildman–Crippen LogP) is 0.732. The first kappa shape index (κ1) is 7.63. The van der Waals surface area contributed by atoms with Gasteiger partial charge in [-0.25, -0.2) is 0 Å². The molecule has 1 N–H and O–H groups in total. The summed E-state index contributed by atoms with van der Waals surface area (Å²) in [6, 6.07) is 0. The first-order valence-electron chi connectivity index (χ1n) is 2.76. The lowest BCUT2D eigenvalue weighted by molar-refractivity contribution is -0.861. The Kier molecular flexibility index (Phi) is 2.16. The first-order chi connectivity index (χ1) is 3.42. The fourth-order valence-electron chi connectivity index (χ4n) is 0.712. The van der Waals surface area contributed by atoms with Gasteiger partial charge < -0.3 is 9.89 Å². The van der Waals surface area contributed by atoms with Crippen LogP contribution < -0.4 is 0 Å². The van der Waals surface area contributed by atoms with Crippen molar-refractivity contribution in [1.29, 1.82) is 5.41 Å². The number of quaternary nitrogens is 1. The van der Waals surface area contributed by atoms with Crippen molar-refractivity contribution in [2.75, 3.05) is 27.7 Å². The molecule has 0 saturated carbocycles. The third kappa shape index (κ3) is 5.63. The highest BCUT2D eigenvalue weighted by Crippen LogP contribution is 1.88. The monoisotopic (exact) mass is 115 g/mol. The molecular weight excluding hydrogens is 100 g/mol. The minimum atomic E-state index is 0.748. The van der Waals surface area contributed by atoms with E-state index in [9.17, 15) is 0 Å². The van der Waals surface area contributed by atoms with Crippen molar-refractivity contribution in [3.63, 3.8) is 0 Å². The van der Waals surface area contributed by atoms with Gasteiger partial charge in [-0.3, -0.25) is 0 Å². The van der Waals surface area contributed by atoms with E-state index >= 15 is 0 Å². The molecule has 0 saturated heterocycles. The Bertz CT molecular complexity index is 89.2. The zero-order valence-electron chi connectivity index (χ0n) is 6.15. The molecule has 8 heavy (non-hydrogen) atoms. The van der Waals surface area contributed by atoms with E-state index in [-0.39, 0.29) is 0 Å². The molecule has 2 nitrogen and oxygen atoms in total. The van der Waals surface area contributed by atoms with Crippen LogP contribution in [0.2, 0.25) is 0 Å². The van der Waals surface area contributed by atoms with Gasteiger partial charge in [0.1, 0.15) is 6.54 Å². The average molecular weight is 115 g/mol. The lowest BCUT2D eigenvalue weighted by Crippen LogP contribution is -2.38. The van der Waals surface area contributed by atoms with E-state index in [1.165, 1.54) is 0 Å². The van der Waals surface area contributed by atoms with E-state index in [1.807, 2.05) is 6.92 Å². The topological polar surface area (TPSA) is 23.9 Å². The van der Waals surface area contributed by atoms with Crippen molar-refractivity contribution < 1.29 is 4.48 Å². The molecule has 0 aromatic rings. The van der Waals surface area contributed by atoms with Crippen LogP contribution in [-0.2, 0) is 0 Å². The van der Waals surface area contributed by atoms with Crippen molar-refractivity contribution >= 4 is 5.71 Å². The van der Waals surface area contributed by atoms with Gasteiger partial charge in [-0.1, -0.05) is 0 Å². The van der Waals surface area contributed by atoms with E-state index in [4.69, 9.17) is 5.41 Å². The Morgan fingerprint density at radius 2 is 1.75 bits per heavy atom. The molecule has 48 valence electrons. The summed E-state index contributed by atoms with van der Waals surface area (Å²) >= 11 is 0. The van der Waals surface area contributed by atoms with Crippen LogP contribution in [0, 0.1) is 5.41 Å². The Morgan fingerprint density at radius 3 is 1.75 bits per heavy atom. The van der Waals surface area contributed by atoms with Crippen molar-refractivity contribution in [2.45, 2.75) is 6.92 Å². The molecule has 0 aliphatic carbocycles. The maximum absolute atomic E-state index is 7.13. The van der Waals surface area contributed by atoms with Crippen LogP contribution in [0.5, 0.6) is 0 Å². The SMILES string of the molecule is CC(=N)C[N+](C)(C)C. The van der Waals surface area contributed by atoms with Gasteiger partial charge in [0, 0.05) is 0 Å². The highest BCUT2D eigenvalue weighted by Gasteiger charge is 2.05. The Morgan fingerprint density at radius 1 is 1.38 bits per heavy atom. The van der Waals surface area contributed by atoms with Crippen molar-refractivity contribution in [3.8, 4) is 0 Å². The Labute approximate surface area is 51.2 Å². The molecule has 0 aliphatic rings. The zero-order chi connectivity index (χ0) is 6.78. The molecule has 0 radical (unpaired) electrons.